The number of ether oxygens (including phenoxy) is 1. The van der Waals surface area contributed by atoms with Gasteiger partial charge in [0.05, 0.1) is 12.5 Å². The molecule has 0 radical (unpaired) electrons. The summed E-state index contributed by atoms with van der Waals surface area (Å²) in [6, 6.07) is 16.1. The van der Waals surface area contributed by atoms with Crippen molar-refractivity contribution in [1.29, 1.82) is 0 Å². The van der Waals surface area contributed by atoms with Crippen molar-refractivity contribution >= 4 is 34.8 Å². The summed E-state index contributed by atoms with van der Waals surface area (Å²) in [5.41, 5.74) is 0.924. The van der Waals surface area contributed by atoms with E-state index in [1.807, 2.05) is 68.4 Å². The second-order valence-corrected chi connectivity index (χ2v) is 10.3. The topological polar surface area (TPSA) is 153 Å². The summed E-state index contributed by atoms with van der Waals surface area (Å²) < 4.78 is 5.26. The quantitative estimate of drug-likeness (QED) is 0.163. The van der Waals surface area contributed by atoms with Crippen LogP contribution in [-0.2, 0) is 25.5 Å². The van der Waals surface area contributed by atoms with Crippen LogP contribution in [0.4, 0.5) is 4.79 Å². The van der Waals surface area contributed by atoms with E-state index >= 15 is 0 Å². The molecule has 5 N–H and O–H groups in total. The van der Waals surface area contributed by atoms with E-state index in [0.29, 0.717) is 6.54 Å². The van der Waals surface area contributed by atoms with E-state index in [1.165, 1.54) is 6.92 Å². The molecule has 2 unspecified atom stereocenters. The first-order chi connectivity index (χ1) is 20.1. The standard InChI is InChI=1S/C31H41N5O6/c1-4-36(5-2)17-18-42-28(38)16-15-27(37)34-26(22-11-7-6-8-12-22)21-33-29(39)31(3,35-30(40)41)19-23-20-32-25-14-10-9-13-24(23)25/h6-14,20,26,32,35H,4-5,15-19,21H2,1-3H3,(H,33,39)(H,34,37)(H,40,41). The monoisotopic (exact) mass is 579 g/mol. The maximum Gasteiger partial charge on any atom is 0.405 e. The molecule has 3 rings (SSSR count). The largest absolute Gasteiger partial charge is 0.465 e. The van der Waals surface area contributed by atoms with Crippen LogP contribution in [0, 0.1) is 0 Å². The molecule has 0 spiro atoms. The van der Waals surface area contributed by atoms with E-state index in [0.717, 1.165) is 35.1 Å². The van der Waals surface area contributed by atoms with Gasteiger partial charge >= 0.3 is 12.1 Å². The Morgan fingerprint density at radius 3 is 2.38 bits per heavy atom. The molecular formula is C31H41N5O6. The first kappa shape index (κ1) is 32.1. The number of rotatable bonds is 16. The molecule has 0 saturated heterocycles. The minimum absolute atomic E-state index is 0.00762. The van der Waals surface area contributed by atoms with Crippen molar-refractivity contribution in [2.24, 2.45) is 0 Å². The predicted octanol–water partition coefficient (Wildman–Crippen LogP) is 3.38. The number of likely N-dealkylation sites (N-methyl/N-ethyl adjacent to an activating group) is 1. The highest BCUT2D eigenvalue weighted by molar-refractivity contribution is 5.91. The lowest BCUT2D eigenvalue weighted by Crippen LogP contribution is -2.58. The molecule has 0 aliphatic carbocycles. The molecule has 1 aromatic heterocycles. The molecule has 11 heteroatoms. The van der Waals surface area contributed by atoms with Crippen LogP contribution in [0.5, 0.6) is 0 Å². The number of aromatic amines is 1. The lowest BCUT2D eigenvalue weighted by atomic mass is 9.91. The summed E-state index contributed by atoms with van der Waals surface area (Å²) in [5.74, 6) is -1.36. The number of carbonyl (C=O) groups excluding carboxylic acids is 3. The van der Waals surface area contributed by atoms with Crippen molar-refractivity contribution in [2.75, 3.05) is 32.8 Å². The molecule has 3 aromatic rings. The number of H-pyrrole nitrogens is 1. The highest BCUT2D eigenvalue weighted by atomic mass is 16.5. The number of nitrogens with zero attached hydrogens (tertiary/aromatic N) is 1. The number of nitrogens with one attached hydrogen (secondary N) is 4. The molecule has 0 aliphatic rings. The summed E-state index contributed by atoms with van der Waals surface area (Å²) in [5, 5.41) is 18.5. The number of carbonyl (C=O) groups is 4. The molecule has 0 bridgehead atoms. The van der Waals surface area contributed by atoms with E-state index in [1.54, 1.807) is 6.20 Å². The third-order valence-corrected chi connectivity index (χ3v) is 7.23. The van der Waals surface area contributed by atoms with Crippen LogP contribution in [0.15, 0.2) is 60.8 Å². The lowest BCUT2D eigenvalue weighted by Gasteiger charge is -2.29. The van der Waals surface area contributed by atoms with Crippen molar-refractivity contribution in [3.63, 3.8) is 0 Å². The number of carboxylic acid groups (broad SMARTS) is 1. The van der Waals surface area contributed by atoms with Crippen LogP contribution in [-0.4, -0.2) is 77.2 Å². The van der Waals surface area contributed by atoms with Gasteiger partial charge in [0.25, 0.3) is 0 Å². The highest BCUT2D eigenvalue weighted by Crippen LogP contribution is 2.23. The smallest absolute Gasteiger partial charge is 0.405 e. The minimum Gasteiger partial charge on any atom is -0.465 e. The van der Waals surface area contributed by atoms with Gasteiger partial charge in [-0.25, -0.2) is 4.79 Å². The zero-order chi connectivity index (χ0) is 30.5. The number of amides is 3. The Bertz CT molecular complexity index is 1340. The van der Waals surface area contributed by atoms with Gasteiger partial charge in [-0.15, -0.1) is 0 Å². The first-order valence-electron chi connectivity index (χ1n) is 14.2. The molecular weight excluding hydrogens is 538 g/mol. The maximum absolute atomic E-state index is 13.5. The molecule has 1 heterocycles. The van der Waals surface area contributed by atoms with Gasteiger partial charge in [-0.1, -0.05) is 62.4 Å². The van der Waals surface area contributed by atoms with Crippen LogP contribution in [0.3, 0.4) is 0 Å². The molecule has 0 fully saturated rings. The van der Waals surface area contributed by atoms with Crippen molar-refractivity contribution in [1.82, 2.24) is 25.8 Å². The van der Waals surface area contributed by atoms with Crippen molar-refractivity contribution < 1.29 is 29.0 Å². The summed E-state index contributed by atoms with van der Waals surface area (Å²) in [7, 11) is 0. The zero-order valence-electron chi connectivity index (χ0n) is 24.4. The summed E-state index contributed by atoms with van der Waals surface area (Å²) in [6.07, 6.45) is 0.406. The lowest BCUT2D eigenvalue weighted by molar-refractivity contribution is -0.145. The molecule has 3 amide bonds. The Labute approximate surface area is 246 Å². The summed E-state index contributed by atoms with van der Waals surface area (Å²) >= 11 is 0. The van der Waals surface area contributed by atoms with Gasteiger partial charge in [-0.2, -0.15) is 0 Å². The van der Waals surface area contributed by atoms with Crippen LogP contribution >= 0.6 is 0 Å². The van der Waals surface area contributed by atoms with Crippen LogP contribution in [0.25, 0.3) is 10.9 Å². The van der Waals surface area contributed by atoms with Gasteiger partial charge in [-0.3, -0.25) is 14.4 Å². The number of esters is 1. The molecule has 226 valence electrons. The molecule has 11 nitrogen and oxygen atoms in total. The van der Waals surface area contributed by atoms with E-state index in [4.69, 9.17) is 4.74 Å². The minimum atomic E-state index is -1.49. The molecule has 2 atom stereocenters. The van der Waals surface area contributed by atoms with E-state index in [2.05, 4.69) is 25.8 Å². The molecule has 42 heavy (non-hydrogen) atoms. The Hall–Kier alpha value is -4.38. The number of hydrogen-bond donors (Lipinski definition) is 5. The first-order valence-corrected chi connectivity index (χ1v) is 14.2. The van der Waals surface area contributed by atoms with E-state index in [9.17, 15) is 24.3 Å². The summed E-state index contributed by atoms with van der Waals surface area (Å²) in [6.45, 7) is 8.24. The molecule has 0 aliphatic heterocycles. The zero-order valence-corrected chi connectivity index (χ0v) is 24.4. The van der Waals surface area contributed by atoms with Gasteiger partial charge in [0.1, 0.15) is 12.1 Å². The Kier molecular flexibility index (Phi) is 11.9. The maximum atomic E-state index is 13.5. The fourth-order valence-corrected chi connectivity index (χ4v) is 4.79. The number of aromatic nitrogens is 1. The second-order valence-electron chi connectivity index (χ2n) is 10.3. The fraction of sp³-hybridized carbons (Fsp3) is 0.419. The average Bonchev–Trinajstić information content (AvgIpc) is 3.38. The van der Waals surface area contributed by atoms with Crippen molar-refractivity contribution in [3.05, 3.63) is 71.9 Å². The van der Waals surface area contributed by atoms with Gasteiger partial charge in [0.15, 0.2) is 0 Å². The number of fused-ring (bicyclic) bond motifs is 1. The van der Waals surface area contributed by atoms with Crippen LogP contribution < -0.4 is 16.0 Å². The fourth-order valence-electron chi connectivity index (χ4n) is 4.79. The third kappa shape index (κ3) is 9.34. The van der Waals surface area contributed by atoms with Gasteiger partial charge < -0.3 is 35.7 Å². The Morgan fingerprint density at radius 1 is 1.00 bits per heavy atom. The van der Waals surface area contributed by atoms with Gasteiger partial charge in [0, 0.05) is 43.0 Å². The molecule has 0 saturated carbocycles. The average molecular weight is 580 g/mol. The highest BCUT2D eigenvalue weighted by Gasteiger charge is 2.36. The second kappa shape index (κ2) is 15.6. The summed E-state index contributed by atoms with van der Waals surface area (Å²) in [4.78, 5) is 55.4. The van der Waals surface area contributed by atoms with Crippen molar-refractivity contribution in [3.8, 4) is 0 Å². The third-order valence-electron chi connectivity index (χ3n) is 7.23. The number of hydrogen-bond acceptors (Lipinski definition) is 6. The van der Waals surface area contributed by atoms with Gasteiger partial charge in [-0.05, 0) is 37.2 Å². The van der Waals surface area contributed by atoms with Crippen molar-refractivity contribution in [2.45, 2.75) is 51.6 Å². The van der Waals surface area contributed by atoms with E-state index in [-0.39, 0.29) is 38.3 Å². The molecule has 2 aromatic carbocycles. The SMILES string of the molecule is CCN(CC)CCOC(=O)CCC(=O)NC(CNC(=O)C(C)(Cc1c[nH]c2ccccc12)NC(=O)O)c1ccccc1. The van der Waals surface area contributed by atoms with Gasteiger partial charge in [0.2, 0.25) is 11.8 Å². The van der Waals surface area contributed by atoms with E-state index < -0.39 is 29.6 Å². The van der Waals surface area contributed by atoms with Crippen LogP contribution in [0.2, 0.25) is 0 Å². The number of para-hydroxylation sites is 1. The predicted molar refractivity (Wildman–Crippen MR) is 160 cm³/mol. The van der Waals surface area contributed by atoms with Crippen LogP contribution in [0.1, 0.15) is 50.8 Å². The Morgan fingerprint density at radius 2 is 1.69 bits per heavy atom. The normalized spacial score (nSPS) is 13.2. The Balaban J connectivity index is 1.63. The number of benzene rings is 2.